The van der Waals surface area contributed by atoms with Crippen LogP contribution in [-0.2, 0) is 10.0 Å². The largest absolute Gasteiger partial charge is 0.324 e. The number of nitrogens with one attached hydrogen (secondary N) is 2. The molecule has 0 saturated heterocycles. The Morgan fingerprint density at radius 1 is 0.848 bits per heavy atom. The lowest BCUT2D eigenvalue weighted by Crippen LogP contribution is -2.30. The van der Waals surface area contributed by atoms with Crippen LogP contribution in [0.25, 0.3) is 22.4 Å². The zero-order valence-electron chi connectivity index (χ0n) is 18.2. The van der Waals surface area contributed by atoms with Crippen molar-refractivity contribution in [2.75, 3.05) is 5.32 Å². The molecule has 0 atom stereocenters. The molecule has 0 unspecified atom stereocenters. The molecule has 0 fully saturated rings. The summed E-state index contributed by atoms with van der Waals surface area (Å²) in [6, 6.07) is 24.3. The highest BCUT2D eigenvalue weighted by molar-refractivity contribution is 7.89. The Morgan fingerprint density at radius 2 is 1.52 bits per heavy atom. The van der Waals surface area contributed by atoms with Crippen molar-refractivity contribution in [3.05, 3.63) is 90.1 Å². The molecule has 0 radical (unpaired) electrons. The molecule has 0 saturated carbocycles. The molecule has 4 aromatic rings. The lowest BCUT2D eigenvalue weighted by molar-refractivity contribution is 0.570. The van der Waals surface area contributed by atoms with E-state index in [4.69, 9.17) is 11.6 Å². The predicted molar refractivity (Wildman–Crippen MR) is 133 cm³/mol. The van der Waals surface area contributed by atoms with E-state index in [1.807, 2.05) is 54.6 Å². The van der Waals surface area contributed by atoms with Crippen molar-refractivity contribution in [3.8, 4) is 22.4 Å². The van der Waals surface area contributed by atoms with E-state index in [1.54, 1.807) is 32.2 Å². The van der Waals surface area contributed by atoms with Crippen LogP contribution in [0.5, 0.6) is 0 Å². The van der Waals surface area contributed by atoms with E-state index in [0.29, 0.717) is 22.4 Å². The second-order valence-corrected chi connectivity index (χ2v) is 9.88. The maximum absolute atomic E-state index is 12.3. The van der Waals surface area contributed by atoms with E-state index in [1.165, 1.54) is 12.1 Å². The Balaban J connectivity index is 1.59. The summed E-state index contributed by atoms with van der Waals surface area (Å²) in [6.07, 6.45) is 1.55. The SMILES string of the molecule is CC(C)NS(=O)(=O)c1ccc(Nc2ncc(Cl)c(-c3cccc(-c4ccccc4)c3)n2)cc1. The van der Waals surface area contributed by atoms with Gasteiger partial charge in [0.2, 0.25) is 16.0 Å². The first-order valence-corrected chi connectivity index (χ1v) is 12.3. The first kappa shape index (κ1) is 22.9. The summed E-state index contributed by atoms with van der Waals surface area (Å²) in [6.45, 7) is 3.55. The molecular weight excluding hydrogens is 456 g/mol. The zero-order valence-corrected chi connectivity index (χ0v) is 19.7. The molecule has 6 nitrogen and oxygen atoms in total. The fraction of sp³-hybridized carbons (Fsp3) is 0.120. The van der Waals surface area contributed by atoms with Gasteiger partial charge in [-0.25, -0.2) is 23.1 Å². The summed E-state index contributed by atoms with van der Waals surface area (Å²) < 4.78 is 27.2. The molecule has 168 valence electrons. The van der Waals surface area contributed by atoms with Crippen LogP contribution in [0.1, 0.15) is 13.8 Å². The highest BCUT2D eigenvalue weighted by Crippen LogP contribution is 2.30. The van der Waals surface area contributed by atoms with Gasteiger partial charge in [0.25, 0.3) is 0 Å². The number of halogens is 1. The van der Waals surface area contributed by atoms with Crippen molar-refractivity contribution >= 4 is 33.3 Å². The fourth-order valence-corrected chi connectivity index (χ4v) is 4.78. The molecule has 0 amide bonds. The molecule has 33 heavy (non-hydrogen) atoms. The number of benzene rings is 3. The van der Waals surface area contributed by atoms with Crippen LogP contribution in [-0.4, -0.2) is 24.4 Å². The molecule has 0 aliphatic rings. The number of aromatic nitrogens is 2. The van der Waals surface area contributed by atoms with E-state index >= 15 is 0 Å². The Hall–Kier alpha value is -3.26. The zero-order chi connectivity index (χ0) is 23.4. The molecule has 0 bridgehead atoms. The van der Waals surface area contributed by atoms with Gasteiger partial charge >= 0.3 is 0 Å². The molecule has 3 aromatic carbocycles. The topological polar surface area (TPSA) is 84.0 Å². The van der Waals surface area contributed by atoms with Gasteiger partial charge in [0.1, 0.15) is 0 Å². The van der Waals surface area contributed by atoms with Crippen molar-refractivity contribution in [3.63, 3.8) is 0 Å². The van der Waals surface area contributed by atoms with Gasteiger partial charge in [-0.05, 0) is 55.3 Å². The van der Waals surface area contributed by atoms with Crippen LogP contribution in [0.2, 0.25) is 5.02 Å². The number of rotatable bonds is 7. The number of hydrogen-bond donors (Lipinski definition) is 2. The average Bonchev–Trinajstić information content (AvgIpc) is 2.80. The average molecular weight is 479 g/mol. The maximum atomic E-state index is 12.3. The van der Waals surface area contributed by atoms with Crippen molar-refractivity contribution in [1.82, 2.24) is 14.7 Å². The Kier molecular flexibility index (Phi) is 6.74. The van der Waals surface area contributed by atoms with E-state index < -0.39 is 10.0 Å². The maximum Gasteiger partial charge on any atom is 0.240 e. The van der Waals surface area contributed by atoms with Crippen LogP contribution in [0.15, 0.2) is 90.0 Å². The summed E-state index contributed by atoms with van der Waals surface area (Å²) in [7, 11) is -3.55. The molecule has 1 heterocycles. The molecular formula is C25H23ClN4O2S. The third kappa shape index (κ3) is 5.57. The highest BCUT2D eigenvalue weighted by atomic mass is 35.5. The highest BCUT2D eigenvalue weighted by Gasteiger charge is 2.15. The van der Waals surface area contributed by atoms with Gasteiger partial charge in [0.15, 0.2) is 0 Å². The van der Waals surface area contributed by atoms with E-state index in [2.05, 4.69) is 20.0 Å². The van der Waals surface area contributed by atoms with Crippen molar-refractivity contribution in [2.24, 2.45) is 0 Å². The summed E-state index contributed by atoms with van der Waals surface area (Å²) in [5, 5.41) is 3.55. The predicted octanol–water partition coefficient (Wildman–Crippen LogP) is 5.89. The van der Waals surface area contributed by atoms with Crippen LogP contribution >= 0.6 is 11.6 Å². The second-order valence-electron chi connectivity index (χ2n) is 7.76. The lowest BCUT2D eigenvalue weighted by Gasteiger charge is -2.11. The van der Waals surface area contributed by atoms with Gasteiger partial charge < -0.3 is 5.32 Å². The van der Waals surface area contributed by atoms with Crippen LogP contribution in [0, 0.1) is 0 Å². The fourth-order valence-electron chi connectivity index (χ4n) is 3.33. The molecule has 1 aromatic heterocycles. The van der Waals surface area contributed by atoms with Crippen LogP contribution in [0.3, 0.4) is 0 Å². The standard InChI is InChI=1S/C25H23ClN4O2S/c1-17(2)30-33(31,32)22-13-11-21(12-14-22)28-25-27-16-23(26)24(29-25)20-10-6-9-19(15-20)18-7-4-3-5-8-18/h3-17,30H,1-2H3,(H,27,28,29). The van der Waals surface area contributed by atoms with E-state index in [0.717, 1.165) is 16.7 Å². The summed E-state index contributed by atoms with van der Waals surface area (Å²) in [4.78, 5) is 9.06. The summed E-state index contributed by atoms with van der Waals surface area (Å²) in [5.41, 5.74) is 4.29. The van der Waals surface area contributed by atoms with Gasteiger partial charge in [-0.2, -0.15) is 0 Å². The minimum atomic E-state index is -3.55. The summed E-state index contributed by atoms with van der Waals surface area (Å²) in [5.74, 6) is 0.357. The lowest BCUT2D eigenvalue weighted by atomic mass is 10.0. The third-order valence-corrected chi connectivity index (χ3v) is 6.75. The molecule has 0 aliphatic carbocycles. The monoisotopic (exact) mass is 478 g/mol. The number of sulfonamides is 1. The minimum absolute atomic E-state index is 0.186. The Bertz CT molecular complexity index is 1360. The molecule has 0 aliphatic heterocycles. The first-order valence-electron chi connectivity index (χ1n) is 10.4. The summed E-state index contributed by atoms with van der Waals surface area (Å²) >= 11 is 6.42. The van der Waals surface area contributed by atoms with Gasteiger partial charge in [-0.1, -0.05) is 60.1 Å². The smallest absolute Gasteiger partial charge is 0.240 e. The van der Waals surface area contributed by atoms with E-state index in [9.17, 15) is 8.42 Å². The van der Waals surface area contributed by atoms with Crippen LogP contribution in [0.4, 0.5) is 11.6 Å². The number of hydrogen-bond acceptors (Lipinski definition) is 5. The Labute approximate surface area is 198 Å². The van der Waals surface area contributed by atoms with E-state index in [-0.39, 0.29) is 10.9 Å². The van der Waals surface area contributed by atoms with Crippen molar-refractivity contribution in [1.29, 1.82) is 0 Å². The van der Waals surface area contributed by atoms with Crippen molar-refractivity contribution in [2.45, 2.75) is 24.8 Å². The molecule has 8 heteroatoms. The molecule has 4 rings (SSSR count). The van der Waals surface area contributed by atoms with Gasteiger partial charge in [0, 0.05) is 17.3 Å². The minimum Gasteiger partial charge on any atom is -0.324 e. The van der Waals surface area contributed by atoms with Gasteiger partial charge in [-0.15, -0.1) is 0 Å². The normalized spacial score (nSPS) is 11.5. The third-order valence-electron chi connectivity index (χ3n) is 4.80. The quantitative estimate of drug-likeness (QED) is 0.345. The van der Waals surface area contributed by atoms with Gasteiger partial charge in [-0.3, -0.25) is 0 Å². The van der Waals surface area contributed by atoms with Crippen molar-refractivity contribution < 1.29 is 8.42 Å². The number of anilines is 2. The van der Waals surface area contributed by atoms with Crippen LogP contribution < -0.4 is 10.0 Å². The first-order chi connectivity index (χ1) is 15.8. The second kappa shape index (κ2) is 9.70. The van der Waals surface area contributed by atoms with Gasteiger partial charge in [0.05, 0.1) is 21.8 Å². The Morgan fingerprint density at radius 3 is 2.21 bits per heavy atom. The number of nitrogens with zero attached hydrogens (tertiary/aromatic N) is 2. The molecule has 2 N–H and O–H groups in total. The molecule has 0 spiro atoms.